The van der Waals surface area contributed by atoms with E-state index < -0.39 is 27.3 Å². The Hall–Kier alpha value is -3.59. The maximum atomic E-state index is 13.7. The van der Waals surface area contributed by atoms with Gasteiger partial charge in [0.2, 0.25) is 10.0 Å². The van der Waals surface area contributed by atoms with Crippen molar-refractivity contribution in [3.8, 4) is 5.75 Å². The van der Waals surface area contributed by atoms with Crippen LogP contribution in [0.4, 0.5) is 5.69 Å². The first-order valence-corrected chi connectivity index (χ1v) is 18.4. The number of hydrogen-bond donors (Lipinski definition) is 2. The molecule has 0 radical (unpaired) electrons. The SMILES string of the molecule is C=CCC[C@@H](c1ccccc1)S(=O)(=O)NC(=O)c1ccc2c(c1)N(C[C@@H]1CC[C@H]1[C@@H](O)C=C)C[C@@]1(CCCc3cc(Cl)ccc31)CO2. The zero-order valence-electron chi connectivity index (χ0n) is 26.6. The number of ether oxygens (including phenoxy) is 1. The number of amides is 1. The number of anilines is 1. The lowest BCUT2D eigenvalue weighted by molar-refractivity contribution is 0.0460. The van der Waals surface area contributed by atoms with E-state index in [9.17, 15) is 18.3 Å². The molecule has 1 heterocycles. The quantitative estimate of drug-likeness (QED) is 0.210. The number of rotatable bonds is 11. The molecule has 1 fully saturated rings. The molecule has 47 heavy (non-hydrogen) atoms. The van der Waals surface area contributed by atoms with E-state index in [1.807, 2.05) is 12.1 Å². The van der Waals surface area contributed by atoms with Gasteiger partial charge in [0, 0.05) is 29.1 Å². The zero-order valence-corrected chi connectivity index (χ0v) is 28.2. The van der Waals surface area contributed by atoms with Gasteiger partial charge in [0.25, 0.3) is 5.91 Å². The summed E-state index contributed by atoms with van der Waals surface area (Å²) in [6, 6.07) is 20.2. The van der Waals surface area contributed by atoms with Gasteiger partial charge in [-0.3, -0.25) is 4.79 Å². The van der Waals surface area contributed by atoms with Gasteiger partial charge in [-0.05, 0) is 104 Å². The smallest absolute Gasteiger partial charge is 0.264 e. The van der Waals surface area contributed by atoms with Gasteiger partial charge in [-0.15, -0.1) is 13.2 Å². The van der Waals surface area contributed by atoms with Crippen molar-refractivity contribution < 1.29 is 23.1 Å². The molecule has 0 unspecified atom stereocenters. The van der Waals surface area contributed by atoms with Crippen LogP contribution in [-0.4, -0.2) is 45.2 Å². The first kappa shape index (κ1) is 33.3. The number of sulfonamides is 1. The van der Waals surface area contributed by atoms with Crippen LogP contribution in [0, 0.1) is 11.8 Å². The molecule has 7 nitrogen and oxygen atoms in total. The minimum Gasteiger partial charge on any atom is -0.490 e. The van der Waals surface area contributed by atoms with Crippen LogP contribution in [0.5, 0.6) is 5.75 Å². The standard InChI is InChI=1S/C38H43ClN2O5S/c1-3-5-13-36(26-10-7-6-8-11-26)47(44,45)40-37(43)28-15-19-35-33(22-28)41(23-29-14-17-31(29)34(42)4-2)24-38(25-46-35)20-9-12-27-21-30(39)16-18-32(27)38/h3-4,6-8,10-11,15-16,18-19,21-22,29,31,34,36,42H,1-2,5,9,12-14,17,20,23-25H2,(H,40,43)/t29-,31+,34-,36-,38-/m0/s1. The molecule has 1 spiro atoms. The van der Waals surface area contributed by atoms with Crippen LogP contribution >= 0.6 is 11.6 Å². The maximum Gasteiger partial charge on any atom is 0.264 e. The number of carbonyl (C=O) groups is 1. The van der Waals surface area contributed by atoms with Gasteiger partial charge in [0.15, 0.2) is 0 Å². The molecule has 3 aromatic carbocycles. The van der Waals surface area contributed by atoms with Gasteiger partial charge >= 0.3 is 0 Å². The summed E-state index contributed by atoms with van der Waals surface area (Å²) in [5.74, 6) is 0.299. The molecule has 3 aromatic rings. The minimum absolute atomic E-state index is 0.107. The van der Waals surface area contributed by atoms with Crippen molar-refractivity contribution in [2.75, 3.05) is 24.6 Å². The van der Waals surface area contributed by atoms with E-state index in [1.54, 1.807) is 54.6 Å². The number of allylic oxidation sites excluding steroid dienone is 1. The second-order valence-corrected chi connectivity index (χ2v) is 15.6. The summed E-state index contributed by atoms with van der Waals surface area (Å²) in [6.07, 6.45) is 8.30. The highest BCUT2D eigenvalue weighted by Crippen LogP contribution is 2.46. The molecule has 2 aliphatic carbocycles. The molecule has 1 aliphatic heterocycles. The van der Waals surface area contributed by atoms with Crippen molar-refractivity contribution in [1.29, 1.82) is 0 Å². The highest BCUT2D eigenvalue weighted by atomic mass is 35.5. The maximum absolute atomic E-state index is 13.7. The van der Waals surface area contributed by atoms with Crippen LogP contribution in [0.1, 0.15) is 70.8 Å². The lowest BCUT2D eigenvalue weighted by Crippen LogP contribution is -2.49. The normalized spacial score (nSPS) is 23.2. The summed E-state index contributed by atoms with van der Waals surface area (Å²) < 4.78 is 36.2. The van der Waals surface area contributed by atoms with Crippen molar-refractivity contribution in [2.24, 2.45) is 11.8 Å². The lowest BCUT2D eigenvalue weighted by atomic mass is 9.68. The number of aliphatic hydroxyl groups excluding tert-OH is 1. The summed E-state index contributed by atoms with van der Waals surface area (Å²) in [5, 5.41) is 10.5. The molecule has 9 heteroatoms. The van der Waals surface area contributed by atoms with E-state index in [4.69, 9.17) is 16.3 Å². The number of aliphatic hydroxyl groups is 1. The topological polar surface area (TPSA) is 95.9 Å². The molecule has 1 saturated carbocycles. The van der Waals surface area contributed by atoms with Crippen molar-refractivity contribution in [3.05, 3.63) is 119 Å². The van der Waals surface area contributed by atoms with Crippen LogP contribution in [0.25, 0.3) is 0 Å². The predicted octanol–water partition coefficient (Wildman–Crippen LogP) is 7.15. The molecule has 2 N–H and O–H groups in total. The Morgan fingerprint density at radius 1 is 1.13 bits per heavy atom. The summed E-state index contributed by atoms with van der Waals surface area (Å²) in [7, 11) is -4.07. The summed E-state index contributed by atoms with van der Waals surface area (Å²) in [4.78, 5) is 16.0. The third-order valence-electron chi connectivity index (χ3n) is 10.3. The molecule has 3 aliphatic rings. The van der Waals surface area contributed by atoms with Crippen LogP contribution in [0.2, 0.25) is 5.02 Å². The van der Waals surface area contributed by atoms with Gasteiger partial charge in [-0.2, -0.15) is 0 Å². The van der Waals surface area contributed by atoms with E-state index in [0.29, 0.717) is 43.9 Å². The molecule has 1 amide bonds. The monoisotopic (exact) mass is 674 g/mol. The number of halogens is 1. The molecular weight excluding hydrogens is 632 g/mol. The van der Waals surface area contributed by atoms with Crippen molar-refractivity contribution >= 4 is 33.2 Å². The van der Waals surface area contributed by atoms with E-state index >= 15 is 0 Å². The van der Waals surface area contributed by atoms with E-state index in [-0.39, 0.29) is 22.8 Å². The molecule has 0 saturated heterocycles. The summed E-state index contributed by atoms with van der Waals surface area (Å²) >= 11 is 6.41. The first-order chi connectivity index (χ1) is 22.6. The third-order valence-corrected chi connectivity index (χ3v) is 12.3. The summed E-state index contributed by atoms with van der Waals surface area (Å²) in [5.41, 5.74) is 3.77. The average Bonchev–Trinajstić information content (AvgIpc) is 3.20. The Morgan fingerprint density at radius 3 is 2.66 bits per heavy atom. The molecule has 6 rings (SSSR count). The van der Waals surface area contributed by atoms with Gasteiger partial charge in [0.1, 0.15) is 11.0 Å². The Labute approximate surface area is 283 Å². The predicted molar refractivity (Wildman–Crippen MR) is 188 cm³/mol. The van der Waals surface area contributed by atoms with Crippen LogP contribution < -0.4 is 14.4 Å². The Kier molecular flexibility index (Phi) is 9.83. The zero-order chi connectivity index (χ0) is 33.2. The minimum atomic E-state index is -4.07. The molecule has 248 valence electrons. The van der Waals surface area contributed by atoms with E-state index in [1.165, 1.54) is 11.1 Å². The first-order valence-electron chi connectivity index (χ1n) is 16.5. The molecule has 0 aromatic heterocycles. The van der Waals surface area contributed by atoms with E-state index in [2.05, 4.69) is 34.9 Å². The fourth-order valence-corrected chi connectivity index (χ4v) is 9.36. The van der Waals surface area contributed by atoms with Gasteiger partial charge in [-0.1, -0.05) is 60.2 Å². The van der Waals surface area contributed by atoms with Gasteiger partial charge in [0.05, 0.1) is 18.4 Å². The van der Waals surface area contributed by atoms with Crippen LogP contribution in [0.3, 0.4) is 0 Å². The fourth-order valence-electron chi connectivity index (χ4n) is 7.68. The largest absolute Gasteiger partial charge is 0.490 e. The van der Waals surface area contributed by atoms with Crippen LogP contribution in [0.15, 0.2) is 92.0 Å². The van der Waals surface area contributed by atoms with Crippen molar-refractivity contribution in [3.63, 3.8) is 0 Å². The second kappa shape index (κ2) is 13.9. The molecule has 0 bridgehead atoms. The van der Waals surface area contributed by atoms with Gasteiger partial charge in [-0.25, -0.2) is 13.1 Å². The van der Waals surface area contributed by atoms with E-state index in [0.717, 1.165) is 42.8 Å². The Morgan fingerprint density at radius 2 is 1.94 bits per heavy atom. The number of nitrogens with zero attached hydrogens (tertiary/aromatic N) is 1. The number of benzene rings is 3. The third kappa shape index (κ3) is 6.87. The van der Waals surface area contributed by atoms with Crippen LogP contribution in [-0.2, 0) is 21.9 Å². The number of nitrogens with one attached hydrogen (secondary N) is 1. The summed E-state index contributed by atoms with van der Waals surface area (Å²) in [6.45, 7) is 9.35. The fraction of sp³-hybridized carbons (Fsp3) is 0.395. The van der Waals surface area contributed by atoms with Crippen molar-refractivity contribution in [2.45, 2.75) is 61.7 Å². The Bertz CT molecular complexity index is 1750. The Balaban J connectivity index is 1.33. The lowest BCUT2D eigenvalue weighted by Gasteiger charge is -2.45. The molecule has 5 atom stereocenters. The number of carbonyl (C=O) groups excluding carboxylic acids is 1. The average molecular weight is 675 g/mol. The van der Waals surface area contributed by atoms with Gasteiger partial charge < -0.3 is 14.7 Å². The second-order valence-electron chi connectivity index (χ2n) is 13.3. The highest BCUT2D eigenvalue weighted by molar-refractivity contribution is 7.90. The number of hydrogen-bond acceptors (Lipinski definition) is 6. The number of aryl methyl sites for hydroxylation is 1. The highest BCUT2D eigenvalue weighted by Gasteiger charge is 2.44. The molecular formula is C38H43ClN2O5S. The van der Waals surface area contributed by atoms with Crippen molar-refractivity contribution in [1.82, 2.24) is 4.72 Å². The number of fused-ring (bicyclic) bond motifs is 3.